The molecular formula is C16H20N4. The highest BCUT2D eigenvalue weighted by atomic mass is 15.4. The minimum atomic E-state index is 0.659. The van der Waals surface area contributed by atoms with E-state index in [1.807, 2.05) is 48.3 Å². The van der Waals surface area contributed by atoms with Gasteiger partial charge in [0.05, 0.1) is 5.69 Å². The third kappa shape index (κ3) is 4.10. The third-order valence-corrected chi connectivity index (χ3v) is 3.06. The number of para-hydroxylation sites is 1. The molecule has 0 unspecified atom stereocenters. The van der Waals surface area contributed by atoms with Gasteiger partial charge in [-0.15, -0.1) is 0 Å². The van der Waals surface area contributed by atoms with Crippen molar-refractivity contribution in [1.29, 1.82) is 0 Å². The minimum absolute atomic E-state index is 0.659. The highest BCUT2D eigenvalue weighted by molar-refractivity contribution is 5.81. The summed E-state index contributed by atoms with van der Waals surface area (Å²) in [6, 6.07) is 20.1. The van der Waals surface area contributed by atoms with E-state index in [2.05, 4.69) is 34.7 Å². The summed E-state index contributed by atoms with van der Waals surface area (Å²) in [7, 11) is 1.98. The number of guanidine groups is 1. The summed E-state index contributed by atoms with van der Waals surface area (Å²) in [6.07, 6.45) is 0.951. The first-order valence-corrected chi connectivity index (χ1v) is 6.65. The zero-order chi connectivity index (χ0) is 14.2. The number of hydrazine groups is 1. The number of hydrogen-bond donors (Lipinski definition) is 2. The molecule has 0 radical (unpaired) electrons. The van der Waals surface area contributed by atoms with Crippen molar-refractivity contribution in [3.8, 4) is 0 Å². The van der Waals surface area contributed by atoms with Crippen LogP contribution in [-0.4, -0.2) is 24.5 Å². The number of nitrogens with two attached hydrogens (primary N) is 1. The zero-order valence-corrected chi connectivity index (χ0v) is 11.7. The molecule has 0 aliphatic carbocycles. The van der Waals surface area contributed by atoms with Crippen LogP contribution in [0.3, 0.4) is 0 Å². The van der Waals surface area contributed by atoms with Crippen molar-refractivity contribution in [1.82, 2.24) is 10.3 Å². The van der Waals surface area contributed by atoms with Gasteiger partial charge in [-0.2, -0.15) is 0 Å². The standard InChI is InChI=1S/C16H20N4/c1-20(13-12-14-8-4-2-5-9-14)16(19-17)18-15-10-6-3-7-11-15/h2-11H,12-13,17H2,1H3,(H,18,19). The zero-order valence-electron chi connectivity index (χ0n) is 11.7. The van der Waals surface area contributed by atoms with Crippen LogP contribution in [0.5, 0.6) is 0 Å². The lowest BCUT2D eigenvalue weighted by molar-refractivity contribution is 0.488. The Hall–Kier alpha value is -2.33. The molecule has 20 heavy (non-hydrogen) atoms. The van der Waals surface area contributed by atoms with Crippen LogP contribution in [0.4, 0.5) is 5.69 Å². The van der Waals surface area contributed by atoms with Crippen LogP contribution in [0.1, 0.15) is 5.56 Å². The van der Waals surface area contributed by atoms with E-state index < -0.39 is 0 Å². The number of nitrogens with one attached hydrogen (secondary N) is 1. The van der Waals surface area contributed by atoms with E-state index >= 15 is 0 Å². The Morgan fingerprint density at radius 3 is 2.25 bits per heavy atom. The molecule has 2 rings (SSSR count). The van der Waals surface area contributed by atoms with Gasteiger partial charge in [0, 0.05) is 13.6 Å². The quantitative estimate of drug-likeness (QED) is 0.387. The summed E-state index contributed by atoms with van der Waals surface area (Å²) < 4.78 is 0. The second kappa shape index (κ2) is 7.31. The molecule has 104 valence electrons. The Morgan fingerprint density at radius 2 is 1.65 bits per heavy atom. The molecule has 0 aliphatic rings. The van der Waals surface area contributed by atoms with Gasteiger partial charge in [-0.05, 0) is 24.1 Å². The van der Waals surface area contributed by atoms with Gasteiger partial charge >= 0.3 is 0 Å². The lowest BCUT2D eigenvalue weighted by Gasteiger charge is -2.20. The van der Waals surface area contributed by atoms with Crippen molar-refractivity contribution in [3.05, 3.63) is 66.2 Å². The fourth-order valence-corrected chi connectivity index (χ4v) is 1.90. The number of rotatable bonds is 4. The fourth-order valence-electron chi connectivity index (χ4n) is 1.90. The Kier molecular flexibility index (Phi) is 5.15. The summed E-state index contributed by atoms with van der Waals surface area (Å²) in [6.45, 7) is 0.847. The normalized spacial score (nSPS) is 11.2. The molecule has 0 saturated heterocycles. The molecule has 4 heteroatoms. The first-order chi connectivity index (χ1) is 9.79. The highest BCUT2D eigenvalue weighted by Gasteiger charge is 2.05. The second-order valence-electron chi connectivity index (χ2n) is 4.57. The SMILES string of the molecule is CN(CCc1ccccc1)C(=Nc1ccccc1)NN. The van der Waals surface area contributed by atoms with Gasteiger partial charge < -0.3 is 4.90 Å². The molecule has 0 heterocycles. The van der Waals surface area contributed by atoms with Crippen molar-refractivity contribution >= 4 is 11.6 Å². The van der Waals surface area contributed by atoms with Crippen molar-refractivity contribution in [3.63, 3.8) is 0 Å². The molecule has 4 nitrogen and oxygen atoms in total. The maximum Gasteiger partial charge on any atom is 0.213 e. The molecule has 0 atom stereocenters. The molecule has 3 N–H and O–H groups in total. The van der Waals surface area contributed by atoms with Gasteiger partial charge in [-0.1, -0.05) is 48.5 Å². The van der Waals surface area contributed by atoms with Crippen molar-refractivity contribution < 1.29 is 0 Å². The van der Waals surface area contributed by atoms with Crippen LogP contribution in [-0.2, 0) is 6.42 Å². The lowest BCUT2D eigenvalue weighted by Crippen LogP contribution is -2.43. The molecule has 2 aromatic rings. The highest BCUT2D eigenvalue weighted by Crippen LogP contribution is 2.10. The van der Waals surface area contributed by atoms with Crippen LogP contribution < -0.4 is 11.3 Å². The van der Waals surface area contributed by atoms with Crippen LogP contribution in [0.15, 0.2) is 65.7 Å². The van der Waals surface area contributed by atoms with Crippen LogP contribution >= 0.6 is 0 Å². The van der Waals surface area contributed by atoms with E-state index in [4.69, 9.17) is 5.84 Å². The van der Waals surface area contributed by atoms with Gasteiger partial charge in [0.15, 0.2) is 0 Å². The number of nitrogens with zero attached hydrogens (tertiary/aromatic N) is 2. The van der Waals surface area contributed by atoms with Gasteiger partial charge in [0.25, 0.3) is 0 Å². The first-order valence-electron chi connectivity index (χ1n) is 6.65. The van der Waals surface area contributed by atoms with E-state index in [9.17, 15) is 0 Å². The average molecular weight is 268 g/mol. The topological polar surface area (TPSA) is 53.6 Å². The maximum absolute atomic E-state index is 5.57. The van der Waals surface area contributed by atoms with Crippen LogP contribution in [0.25, 0.3) is 0 Å². The third-order valence-electron chi connectivity index (χ3n) is 3.06. The summed E-state index contributed by atoms with van der Waals surface area (Å²) in [4.78, 5) is 6.51. The smallest absolute Gasteiger partial charge is 0.213 e. The summed E-state index contributed by atoms with van der Waals surface area (Å²) in [5, 5.41) is 0. The lowest BCUT2D eigenvalue weighted by atomic mass is 10.1. The molecule has 0 aliphatic heterocycles. The second-order valence-corrected chi connectivity index (χ2v) is 4.57. The first kappa shape index (κ1) is 14.1. The Morgan fingerprint density at radius 1 is 1.05 bits per heavy atom. The Labute approximate surface area is 119 Å². The predicted octanol–water partition coefficient (Wildman–Crippen LogP) is 2.31. The summed E-state index contributed by atoms with van der Waals surface area (Å²) in [5.41, 5.74) is 4.85. The van der Waals surface area contributed by atoms with E-state index in [0.29, 0.717) is 5.96 Å². The Balaban J connectivity index is 1.99. The summed E-state index contributed by atoms with van der Waals surface area (Å²) >= 11 is 0. The fraction of sp³-hybridized carbons (Fsp3) is 0.188. The number of aliphatic imine (C=N–C) groups is 1. The number of hydrogen-bond acceptors (Lipinski definition) is 2. The van der Waals surface area contributed by atoms with Crippen LogP contribution in [0, 0.1) is 0 Å². The Bertz CT molecular complexity index is 537. The van der Waals surface area contributed by atoms with Gasteiger partial charge in [-0.25, -0.2) is 10.8 Å². The molecule has 0 fully saturated rings. The van der Waals surface area contributed by atoms with Crippen molar-refractivity contribution in [2.75, 3.05) is 13.6 Å². The van der Waals surface area contributed by atoms with Gasteiger partial charge in [-0.3, -0.25) is 5.43 Å². The van der Waals surface area contributed by atoms with Crippen molar-refractivity contribution in [2.45, 2.75) is 6.42 Å². The molecule has 2 aromatic carbocycles. The molecule has 0 bridgehead atoms. The molecule has 0 aromatic heterocycles. The van der Waals surface area contributed by atoms with E-state index in [1.165, 1.54) is 5.56 Å². The van der Waals surface area contributed by atoms with Gasteiger partial charge in [0.2, 0.25) is 5.96 Å². The minimum Gasteiger partial charge on any atom is -0.344 e. The van der Waals surface area contributed by atoms with Crippen molar-refractivity contribution in [2.24, 2.45) is 10.8 Å². The average Bonchev–Trinajstić information content (AvgIpc) is 2.52. The molecule has 0 spiro atoms. The summed E-state index contributed by atoms with van der Waals surface area (Å²) in [5.74, 6) is 6.23. The van der Waals surface area contributed by atoms with E-state index in [1.54, 1.807) is 0 Å². The van der Waals surface area contributed by atoms with E-state index in [0.717, 1.165) is 18.7 Å². The maximum atomic E-state index is 5.57. The van der Waals surface area contributed by atoms with E-state index in [-0.39, 0.29) is 0 Å². The molecule has 0 saturated carbocycles. The number of benzene rings is 2. The largest absolute Gasteiger partial charge is 0.344 e. The predicted molar refractivity (Wildman–Crippen MR) is 83.6 cm³/mol. The van der Waals surface area contributed by atoms with Crippen LogP contribution in [0.2, 0.25) is 0 Å². The van der Waals surface area contributed by atoms with Gasteiger partial charge in [0.1, 0.15) is 0 Å². The molecule has 0 amide bonds. The monoisotopic (exact) mass is 268 g/mol. The number of likely N-dealkylation sites (N-methyl/N-ethyl adjacent to an activating group) is 1. The molecular weight excluding hydrogens is 248 g/mol.